The SMILES string of the molecule is CCCCCCCCCCCCCCCC(=O)O[C@H](COCO)COP(=O)(O)OC1C(O)C[C@H](OP(=O)(O)O)C(O)[C@@H]1O. The summed E-state index contributed by atoms with van der Waals surface area (Å²) in [6.45, 7) is 0.430. The Hall–Kier alpha value is -0.510. The van der Waals surface area contributed by atoms with Gasteiger partial charge in [-0.2, -0.15) is 0 Å². The van der Waals surface area contributed by atoms with Gasteiger partial charge in [-0.25, -0.2) is 9.13 Å². The van der Waals surface area contributed by atoms with E-state index in [4.69, 9.17) is 33.4 Å². The number of phosphoric acid groups is 2. The minimum atomic E-state index is -5.07. The van der Waals surface area contributed by atoms with Crippen LogP contribution >= 0.6 is 15.6 Å². The maximum Gasteiger partial charge on any atom is 0.472 e. The number of unbranched alkanes of at least 4 members (excludes halogenated alkanes) is 12. The maximum atomic E-state index is 12.5. The van der Waals surface area contributed by atoms with Crippen LogP contribution in [0.5, 0.6) is 0 Å². The molecule has 0 aliphatic heterocycles. The fourth-order valence-corrected chi connectivity index (χ4v) is 6.31. The molecule has 0 bridgehead atoms. The van der Waals surface area contributed by atoms with Gasteiger partial charge in [-0.3, -0.25) is 18.4 Å². The van der Waals surface area contributed by atoms with Crippen molar-refractivity contribution in [2.75, 3.05) is 20.0 Å². The smallest absolute Gasteiger partial charge is 0.457 e. The molecule has 0 spiro atoms. The standard InChI is InChI=1S/C26H52O15P2/c1-2-3-4-5-6-7-8-9-10-11-12-13-14-15-23(29)39-20(17-37-19-27)18-38-43(35,36)41-26-21(28)16-22(24(30)25(26)31)40-42(32,33)34/h20-22,24-28,30-31H,2-19H2,1H3,(H,35,36)(H2,32,33,34)/t20-,21?,22+,24?,25+,26?/m1/s1. The molecular weight excluding hydrogens is 614 g/mol. The molecule has 0 radical (unpaired) electrons. The first-order valence-electron chi connectivity index (χ1n) is 15.1. The van der Waals surface area contributed by atoms with Crippen LogP contribution in [0.15, 0.2) is 0 Å². The lowest BCUT2D eigenvalue weighted by molar-refractivity contribution is -0.171. The summed E-state index contributed by atoms with van der Waals surface area (Å²) in [4.78, 5) is 40.2. The van der Waals surface area contributed by atoms with Crippen LogP contribution in [0.3, 0.4) is 0 Å². The molecule has 1 saturated carbocycles. The zero-order valence-corrected chi connectivity index (χ0v) is 26.8. The van der Waals surface area contributed by atoms with Gasteiger partial charge in [0.05, 0.1) is 19.3 Å². The van der Waals surface area contributed by atoms with Gasteiger partial charge in [0.25, 0.3) is 0 Å². The zero-order valence-electron chi connectivity index (χ0n) is 25.0. The summed E-state index contributed by atoms with van der Waals surface area (Å²) < 4.78 is 47.6. The largest absolute Gasteiger partial charge is 0.472 e. The normalized spacial score (nSPS) is 24.9. The quantitative estimate of drug-likeness (QED) is 0.0321. The summed E-state index contributed by atoms with van der Waals surface area (Å²) in [5.74, 6) is -0.593. The molecule has 17 heteroatoms. The lowest BCUT2D eigenvalue weighted by atomic mass is 9.87. The molecule has 7 atom stereocenters. The van der Waals surface area contributed by atoms with Crippen molar-refractivity contribution in [1.82, 2.24) is 0 Å². The average molecular weight is 667 g/mol. The van der Waals surface area contributed by atoms with Crippen molar-refractivity contribution >= 4 is 21.6 Å². The third kappa shape index (κ3) is 18.9. The van der Waals surface area contributed by atoms with Crippen LogP contribution in [0.1, 0.15) is 103 Å². The first kappa shape index (κ1) is 40.5. The molecule has 0 saturated heterocycles. The van der Waals surface area contributed by atoms with E-state index in [1.165, 1.54) is 51.4 Å². The van der Waals surface area contributed by atoms with Gasteiger partial charge >= 0.3 is 21.6 Å². The molecule has 0 aromatic carbocycles. The molecule has 7 N–H and O–H groups in total. The van der Waals surface area contributed by atoms with Crippen LogP contribution in [0.4, 0.5) is 0 Å². The molecule has 1 fully saturated rings. The second-order valence-corrected chi connectivity index (χ2v) is 13.5. The summed E-state index contributed by atoms with van der Waals surface area (Å²) >= 11 is 0. The number of hydrogen-bond acceptors (Lipinski definition) is 12. The fourth-order valence-electron chi connectivity index (χ4n) is 4.76. The second kappa shape index (κ2) is 22.1. The van der Waals surface area contributed by atoms with Gasteiger partial charge in [-0.15, -0.1) is 0 Å². The third-order valence-electron chi connectivity index (χ3n) is 7.05. The van der Waals surface area contributed by atoms with Crippen molar-refractivity contribution in [3.8, 4) is 0 Å². The number of carbonyl (C=O) groups excluding carboxylic acids is 1. The van der Waals surface area contributed by atoms with Crippen LogP contribution in [0, 0.1) is 0 Å². The summed E-state index contributed by atoms with van der Waals surface area (Å²) in [5, 5.41) is 39.4. The number of carbonyl (C=O) groups is 1. The number of aliphatic hydroxyl groups excluding tert-OH is 4. The van der Waals surface area contributed by atoms with Crippen LogP contribution in [0.2, 0.25) is 0 Å². The first-order chi connectivity index (χ1) is 20.3. The monoisotopic (exact) mass is 666 g/mol. The number of ether oxygens (including phenoxy) is 2. The molecule has 1 aliphatic carbocycles. The van der Waals surface area contributed by atoms with Gasteiger partial charge in [0.1, 0.15) is 37.3 Å². The number of hydrogen-bond donors (Lipinski definition) is 7. The van der Waals surface area contributed by atoms with Gasteiger partial charge in [0.2, 0.25) is 0 Å². The Morgan fingerprint density at radius 3 is 1.84 bits per heavy atom. The van der Waals surface area contributed by atoms with Gasteiger partial charge in [-0.1, -0.05) is 84.0 Å². The molecule has 0 aromatic rings. The Kier molecular flexibility index (Phi) is 20.8. The Balaban J connectivity index is 2.38. The summed E-state index contributed by atoms with van der Waals surface area (Å²) in [6.07, 6.45) is 3.84. The molecule has 43 heavy (non-hydrogen) atoms. The van der Waals surface area contributed by atoms with E-state index < -0.39 is 78.1 Å². The van der Waals surface area contributed by atoms with Crippen molar-refractivity contribution in [3.05, 3.63) is 0 Å². The van der Waals surface area contributed by atoms with Crippen molar-refractivity contribution in [1.29, 1.82) is 0 Å². The molecule has 256 valence electrons. The van der Waals surface area contributed by atoms with Gasteiger partial charge in [0, 0.05) is 12.8 Å². The highest BCUT2D eigenvalue weighted by Crippen LogP contribution is 2.48. The molecule has 0 amide bonds. The van der Waals surface area contributed by atoms with E-state index in [9.17, 15) is 34.1 Å². The van der Waals surface area contributed by atoms with Crippen LogP contribution < -0.4 is 0 Å². The van der Waals surface area contributed by atoms with E-state index in [1.54, 1.807) is 0 Å². The molecule has 1 rings (SSSR count). The Morgan fingerprint density at radius 1 is 0.791 bits per heavy atom. The van der Waals surface area contributed by atoms with Crippen molar-refractivity contribution in [2.24, 2.45) is 0 Å². The topological polar surface area (TPSA) is 239 Å². The highest BCUT2D eigenvalue weighted by Gasteiger charge is 2.49. The number of phosphoric ester groups is 2. The van der Waals surface area contributed by atoms with Gasteiger partial charge in [-0.05, 0) is 6.42 Å². The third-order valence-corrected chi connectivity index (χ3v) is 8.58. The fraction of sp³-hybridized carbons (Fsp3) is 0.962. The molecule has 0 heterocycles. The minimum absolute atomic E-state index is 0.108. The molecule has 0 aromatic heterocycles. The molecule has 4 unspecified atom stereocenters. The Labute approximate surface area is 253 Å². The average Bonchev–Trinajstić information content (AvgIpc) is 2.93. The summed E-state index contributed by atoms with van der Waals surface area (Å²) in [7, 11) is -10.1. The van der Waals surface area contributed by atoms with Crippen LogP contribution in [-0.4, -0.2) is 97.7 Å². The van der Waals surface area contributed by atoms with Gasteiger partial charge < -0.3 is 44.6 Å². The van der Waals surface area contributed by atoms with Crippen LogP contribution in [0.25, 0.3) is 0 Å². The van der Waals surface area contributed by atoms with Crippen LogP contribution in [-0.2, 0) is 37.0 Å². The molecule has 15 nitrogen and oxygen atoms in total. The Morgan fingerprint density at radius 2 is 1.33 bits per heavy atom. The molecule has 1 aliphatic rings. The van der Waals surface area contributed by atoms with E-state index in [-0.39, 0.29) is 13.0 Å². The zero-order chi connectivity index (χ0) is 32.3. The predicted octanol–water partition coefficient (Wildman–Crippen LogP) is 2.81. The predicted molar refractivity (Wildman–Crippen MR) is 153 cm³/mol. The summed E-state index contributed by atoms with van der Waals surface area (Å²) in [6, 6.07) is 0. The van der Waals surface area contributed by atoms with Crippen molar-refractivity contribution in [2.45, 2.75) is 140 Å². The minimum Gasteiger partial charge on any atom is -0.457 e. The summed E-state index contributed by atoms with van der Waals surface area (Å²) in [5.41, 5.74) is 0. The lowest BCUT2D eigenvalue weighted by Crippen LogP contribution is -2.57. The highest BCUT2D eigenvalue weighted by molar-refractivity contribution is 7.47. The number of esters is 1. The molecular formula is C26H52O15P2. The number of rotatable bonds is 25. The van der Waals surface area contributed by atoms with Gasteiger partial charge in [0.15, 0.2) is 0 Å². The van der Waals surface area contributed by atoms with E-state index in [2.05, 4.69) is 11.4 Å². The van der Waals surface area contributed by atoms with E-state index in [0.717, 1.165) is 25.7 Å². The van der Waals surface area contributed by atoms with E-state index >= 15 is 0 Å². The highest BCUT2D eigenvalue weighted by atomic mass is 31.2. The second-order valence-electron chi connectivity index (χ2n) is 10.9. The maximum absolute atomic E-state index is 12.5. The van der Waals surface area contributed by atoms with Crippen molar-refractivity contribution in [3.63, 3.8) is 0 Å². The van der Waals surface area contributed by atoms with E-state index in [1.807, 2.05) is 0 Å². The number of aliphatic hydroxyl groups is 4. The van der Waals surface area contributed by atoms with Crippen molar-refractivity contribution < 1.29 is 72.1 Å². The lowest BCUT2D eigenvalue weighted by Gasteiger charge is -2.40. The Bertz CT molecular complexity index is 841. The van der Waals surface area contributed by atoms with E-state index in [0.29, 0.717) is 6.42 Å². The first-order valence-corrected chi connectivity index (χ1v) is 18.1.